The lowest BCUT2D eigenvalue weighted by Crippen LogP contribution is -2.25. The number of H-pyrrole nitrogens is 1. The van der Waals surface area contributed by atoms with Crippen molar-refractivity contribution >= 4 is 11.6 Å². The van der Waals surface area contributed by atoms with E-state index in [1.165, 1.54) is 0 Å². The van der Waals surface area contributed by atoms with Crippen molar-refractivity contribution in [3.8, 4) is 11.5 Å². The molecule has 0 saturated carbocycles. The van der Waals surface area contributed by atoms with E-state index in [0.29, 0.717) is 29.4 Å². The molecule has 0 aliphatic carbocycles. The normalized spacial score (nSPS) is 13.4. The molecule has 0 spiro atoms. The summed E-state index contributed by atoms with van der Waals surface area (Å²) in [6.45, 7) is 1.54. The number of anilines is 1. The Balaban J connectivity index is 1.84. The van der Waals surface area contributed by atoms with Gasteiger partial charge in [-0.05, 0) is 12.1 Å². The number of nitrogens with zero attached hydrogens (tertiary/aromatic N) is 1. The largest absolute Gasteiger partial charge is 0.497 e. The SMILES string of the molecule is COc1ccc(NC(=O)c2n[nH]c3c2CNCC3)c(OC)c1. The Morgan fingerprint density at radius 1 is 1.32 bits per heavy atom. The van der Waals surface area contributed by atoms with Gasteiger partial charge in [0.1, 0.15) is 11.5 Å². The minimum Gasteiger partial charge on any atom is -0.497 e. The fourth-order valence-corrected chi connectivity index (χ4v) is 2.50. The number of fused-ring (bicyclic) bond motifs is 1. The number of ether oxygens (including phenoxy) is 2. The topological polar surface area (TPSA) is 88.3 Å². The minimum absolute atomic E-state index is 0.260. The molecule has 2 aromatic rings. The molecule has 116 valence electrons. The van der Waals surface area contributed by atoms with Crippen LogP contribution in [0.3, 0.4) is 0 Å². The molecule has 1 amide bonds. The molecule has 0 fully saturated rings. The zero-order chi connectivity index (χ0) is 15.5. The Labute approximate surface area is 128 Å². The summed E-state index contributed by atoms with van der Waals surface area (Å²) >= 11 is 0. The summed E-state index contributed by atoms with van der Waals surface area (Å²) in [5.41, 5.74) is 2.94. The lowest BCUT2D eigenvalue weighted by molar-refractivity contribution is 0.102. The molecule has 0 saturated heterocycles. The van der Waals surface area contributed by atoms with Crippen LogP contribution in [0.2, 0.25) is 0 Å². The molecule has 0 unspecified atom stereocenters. The molecule has 3 rings (SSSR count). The van der Waals surface area contributed by atoms with Crippen LogP contribution in [0.4, 0.5) is 5.69 Å². The Bertz CT molecular complexity index is 696. The maximum atomic E-state index is 12.5. The van der Waals surface area contributed by atoms with Gasteiger partial charge in [-0.25, -0.2) is 0 Å². The number of aromatic amines is 1. The van der Waals surface area contributed by atoms with Crippen molar-refractivity contribution in [2.45, 2.75) is 13.0 Å². The maximum absolute atomic E-state index is 12.5. The molecule has 3 N–H and O–H groups in total. The van der Waals surface area contributed by atoms with Crippen molar-refractivity contribution in [1.82, 2.24) is 15.5 Å². The van der Waals surface area contributed by atoms with Crippen LogP contribution in [0, 0.1) is 0 Å². The van der Waals surface area contributed by atoms with E-state index in [0.717, 1.165) is 24.2 Å². The standard InChI is InChI=1S/C15H18N4O3/c1-21-9-3-4-12(13(7-9)22-2)17-15(20)14-10-8-16-6-5-11(10)18-19-14/h3-4,7,16H,5-6,8H2,1-2H3,(H,17,20)(H,18,19). The summed E-state index contributed by atoms with van der Waals surface area (Å²) in [5, 5.41) is 13.2. The first-order valence-electron chi connectivity index (χ1n) is 7.03. The summed E-state index contributed by atoms with van der Waals surface area (Å²) in [6.07, 6.45) is 0.849. The number of rotatable bonds is 4. The van der Waals surface area contributed by atoms with Crippen LogP contribution in [0.1, 0.15) is 21.7 Å². The summed E-state index contributed by atoms with van der Waals surface area (Å²) in [5.74, 6) is 0.941. The number of aromatic nitrogens is 2. The lowest BCUT2D eigenvalue weighted by atomic mass is 10.1. The highest BCUT2D eigenvalue weighted by Gasteiger charge is 2.22. The Morgan fingerprint density at radius 3 is 2.95 bits per heavy atom. The minimum atomic E-state index is -0.260. The van der Waals surface area contributed by atoms with Crippen LogP contribution in [0.5, 0.6) is 11.5 Å². The Kier molecular flexibility index (Phi) is 3.97. The number of hydrogen-bond donors (Lipinski definition) is 3. The van der Waals surface area contributed by atoms with E-state index in [1.807, 2.05) is 0 Å². The highest BCUT2D eigenvalue weighted by molar-refractivity contribution is 6.04. The van der Waals surface area contributed by atoms with Crippen molar-refractivity contribution in [2.75, 3.05) is 26.1 Å². The van der Waals surface area contributed by atoms with Crippen LogP contribution < -0.4 is 20.1 Å². The Morgan fingerprint density at radius 2 is 2.18 bits per heavy atom. The van der Waals surface area contributed by atoms with E-state index < -0.39 is 0 Å². The second kappa shape index (κ2) is 6.07. The van der Waals surface area contributed by atoms with E-state index in [4.69, 9.17) is 9.47 Å². The first kappa shape index (κ1) is 14.4. The second-order valence-electron chi connectivity index (χ2n) is 4.98. The molecule has 1 aromatic heterocycles. The molecule has 1 aliphatic rings. The molecule has 7 heteroatoms. The van der Waals surface area contributed by atoms with Crippen LogP contribution in [-0.2, 0) is 13.0 Å². The molecule has 7 nitrogen and oxygen atoms in total. The van der Waals surface area contributed by atoms with Gasteiger partial charge in [-0.3, -0.25) is 9.89 Å². The van der Waals surface area contributed by atoms with Crippen LogP contribution >= 0.6 is 0 Å². The molecule has 1 aliphatic heterocycles. The van der Waals surface area contributed by atoms with Gasteiger partial charge < -0.3 is 20.1 Å². The number of carbonyl (C=O) groups excluding carboxylic acids is 1. The van der Waals surface area contributed by atoms with Crippen molar-refractivity contribution < 1.29 is 14.3 Å². The lowest BCUT2D eigenvalue weighted by Gasteiger charge is -2.14. The quantitative estimate of drug-likeness (QED) is 0.793. The highest BCUT2D eigenvalue weighted by atomic mass is 16.5. The molecule has 22 heavy (non-hydrogen) atoms. The first-order valence-corrected chi connectivity index (χ1v) is 7.03. The number of amides is 1. The second-order valence-corrected chi connectivity index (χ2v) is 4.98. The zero-order valence-corrected chi connectivity index (χ0v) is 12.5. The van der Waals surface area contributed by atoms with Gasteiger partial charge in [0.05, 0.1) is 19.9 Å². The number of carbonyl (C=O) groups is 1. The first-order chi connectivity index (χ1) is 10.7. The van der Waals surface area contributed by atoms with Gasteiger partial charge in [-0.1, -0.05) is 0 Å². The predicted molar refractivity (Wildman–Crippen MR) is 81.5 cm³/mol. The van der Waals surface area contributed by atoms with Crippen molar-refractivity contribution in [2.24, 2.45) is 0 Å². The number of methoxy groups -OCH3 is 2. The third-order valence-electron chi connectivity index (χ3n) is 3.68. The van der Waals surface area contributed by atoms with E-state index >= 15 is 0 Å². The molecule has 0 atom stereocenters. The van der Waals surface area contributed by atoms with Gasteiger partial charge in [-0.15, -0.1) is 0 Å². The fourth-order valence-electron chi connectivity index (χ4n) is 2.50. The van der Waals surface area contributed by atoms with Gasteiger partial charge in [0.25, 0.3) is 5.91 Å². The fraction of sp³-hybridized carbons (Fsp3) is 0.333. The average Bonchev–Trinajstić information content (AvgIpc) is 2.99. The van der Waals surface area contributed by atoms with E-state index in [2.05, 4.69) is 20.8 Å². The van der Waals surface area contributed by atoms with Gasteiger partial charge in [-0.2, -0.15) is 5.10 Å². The van der Waals surface area contributed by atoms with Gasteiger partial charge in [0.15, 0.2) is 5.69 Å². The van der Waals surface area contributed by atoms with E-state index in [9.17, 15) is 4.79 Å². The average molecular weight is 302 g/mol. The molecule has 0 bridgehead atoms. The maximum Gasteiger partial charge on any atom is 0.276 e. The predicted octanol–water partition coefficient (Wildman–Crippen LogP) is 1.32. The molecular formula is C15H18N4O3. The third kappa shape index (κ3) is 2.62. The van der Waals surface area contributed by atoms with Crippen LogP contribution in [0.25, 0.3) is 0 Å². The molecule has 0 radical (unpaired) electrons. The summed E-state index contributed by atoms with van der Waals surface area (Å²) < 4.78 is 10.4. The molecule has 1 aromatic carbocycles. The van der Waals surface area contributed by atoms with Crippen LogP contribution in [-0.4, -0.2) is 36.9 Å². The van der Waals surface area contributed by atoms with E-state index in [-0.39, 0.29) is 5.91 Å². The Hall–Kier alpha value is -2.54. The van der Waals surface area contributed by atoms with Crippen molar-refractivity contribution in [3.05, 3.63) is 35.2 Å². The number of benzene rings is 1. The van der Waals surface area contributed by atoms with Gasteiger partial charge in [0, 0.05) is 36.8 Å². The summed E-state index contributed by atoms with van der Waals surface area (Å²) in [4.78, 5) is 12.5. The molecular weight excluding hydrogens is 284 g/mol. The smallest absolute Gasteiger partial charge is 0.276 e. The van der Waals surface area contributed by atoms with E-state index in [1.54, 1.807) is 32.4 Å². The van der Waals surface area contributed by atoms with Crippen molar-refractivity contribution in [1.29, 1.82) is 0 Å². The summed E-state index contributed by atoms with van der Waals surface area (Å²) in [7, 11) is 3.13. The van der Waals surface area contributed by atoms with Crippen molar-refractivity contribution in [3.63, 3.8) is 0 Å². The van der Waals surface area contributed by atoms with Crippen LogP contribution in [0.15, 0.2) is 18.2 Å². The third-order valence-corrected chi connectivity index (χ3v) is 3.68. The molecule has 2 heterocycles. The number of nitrogens with one attached hydrogen (secondary N) is 3. The van der Waals surface area contributed by atoms with Gasteiger partial charge >= 0.3 is 0 Å². The monoisotopic (exact) mass is 302 g/mol. The highest BCUT2D eigenvalue weighted by Crippen LogP contribution is 2.29. The summed E-state index contributed by atoms with van der Waals surface area (Å²) in [6, 6.07) is 5.23. The zero-order valence-electron chi connectivity index (χ0n) is 12.5. The van der Waals surface area contributed by atoms with Gasteiger partial charge in [0.2, 0.25) is 0 Å². The number of hydrogen-bond acceptors (Lipinski definition) is 5.